The van der Waals surface area contributed by atoms with Crippen LogP contribution in [0.25, 0.3) is 0 Å². The van der Waals surface area contributed by atoms with Crippen molar-refractivity contribution in [2.24, 2.45) is 0 Å². The molecule has 5 nitrogen and oxygen atoms in total. The van der Waals surface area contributed by atoms with E-state index >= 15 is 0 Å². The molecular formula is C7H9N3O2. The van der Waals surface area contributed by atoms with Gasteiger partial charge in [0.05, 0.1) is 6.54 Å². The summed E-state index contributed by atoms with van der Waals surface area (Å²) in [7, 11) is 0. The lowest BCUT2D eigenvalue weighted by Gasteiger charge is -2.02. The number of nitriles is 1. The van der Waals surface area contributed by atoms with E-state index in [0.29, 0.717) is 0 Å². The summed E-state index contributed by atoms with van der Waals surface area (Å²) in [6.45, 7) is -0.213. The largest absolute Gasteiger partial charge is 0.335 e. The highest BCUT2D eigenvalue weighted by Crippen LogP contribution is 2.17. The Kier molecular flexibility index (Phi) is 2.64. The van der Waals surface area contributed by atoms with Crippen LogP contribution in [0, 0.1) is 11.3 Å². The second-order valence-electron chi connectivity index (χ2n) is 2.64. The van der Waals surface area contributed by atoms with E-state index < -0.39 is 5.78 Å². The van der Waals surface area contributed by atoms with Crippen LogP contribution in [0.15, 0.2) is 0 Å². The van der Waals surface area contributed by atoms with Crippen molar-refractivity contribution in [2.45, 2.75) is 18.9 Å². The van der Waals surface area contributed by atoms with E-state index in [9.17, 15) is 9.59 Å². The summed E-state index contributed by atoms with van der Waals surface area (Å²) in [5.41, 5.74) is 0. The summed E-state index contributed by atoms with van der Waals surface area (Å²) in [6.07, 6.45) is 2.00. The summed E-state index contributed by atoms with van der Waals surface area (Å²) in [6, 6.07) is 1.30. The highest BCUT2D eigenvalue weighted by Gasteiger charge is 2.23. The Bertz CT molecular complexity index is 240. The zero-order valence-electron chi connectivity index (χ0n) is 6.46. The SMILES string of the molecule is N#CC(=O)CNC(=O)NC1CC1. The Morgan fingerprint density at radius 3 is 2.67 bits per heavy atom. The van der Waals surface area contributed by atoms with Crippen LogP contribution < -0.4 is 10.6 Å². The second kappa shape index (κ2) is 3.72. The number of amides is 2. The number of rotatable bonds is 3. The maximum absolute atomic E-state index is 10.8. The van der Waals surface area contributed by atoms with Crippen LogP contribution in [0.3, 0.4) is 0 Å². The Morgan fingerprint density at radius 1 is 1.50 bits per heavy atom. The molecule has 1 saturated carbocycles. The summed E-state index contributed by atoms with van der Waals surface area (Å²) >= 11 is 0. The van der Waals surface area contributed by atoms with Crippen LogP contribution in [0.1, 0.15) is 12.8 Å². The average molecular weight is 167 g/mol. The highest BCUT2D eigenvalue weighted by molar-refractivity contribution is 5.96. The molecule has 0 radical (unpaired) electrons. The van der Waals surface area contributed by atoms with E-state index in [1.807, 2.05) is 0 Å². The zero-order valence-corrected chi connectivity index (χ0v) is 6.46. The first kappa shape index (κ1) is 8.53. The zero-order chi connectivity index (χ0) is 8.97. The van der Waals surface area contributed by atoms with E-state index in [1.165, 1.54) is 6.07 Å². The second-order valence-corrected chi connectivity index (χ2v) is 2.64. The fraction of sp³-hybridized carbons (Fsp3) is 0.571. The van der Waals surface area contributed by atoms with Crippen molar-refractivity contribution in [1.82, 2.24) is 10.6 Å². The number of nitrogens with one attached hydrogen (secondary N) is 2. The normalized spacial score (nSPS) is 14.6. The Morgan fingerprint density at radius 2 is 2.17 bits per heavy atom. The van der Waals surface area contributed by atoms with Crippen molar-refractivity contribution < 1.29 is 9.59 Å². The summed E-state index contributed by atoms with van der Waals surface area (Å²) in [5, 5.41) is 13.0. The molecule has 0 spiro atoms. The molecule has 1 fully saturated rings. The van der Waals surface area contributed by atoms with E-state index in [2.05, 4.69) is 10.6 Å². The molecule has 12 heavy (non-hydrogen) atoms. The fourth-order valence-corrected chi connectivity index (χ4v) is 0.664. The first-order valence-corrected chi connectivity index (χ1v) is 3.69. The van der Waals surface area contributed by atoms with Gasteiger partial charge in [-0.2, -0.15) is 5.26 Å². The molecular weight excluding hydrogens is 158 g/mol. The number of hydrogen-bond donors (Lipinski definition) is 2. The Hall–Kier alpha value is -1.57. The van der Waals surface area contributed by atoms with Gasteiger partial charge in [0, 0.05) is 6.04 Å². The molecule has 1 aliphatic carbocycles. The minimum atomic E-state index is -0.638. The smallest absolute Gasteiger partial charge is 0.315 e. The molecule has 64 valence electrons. The van der Waals surface area contributed by atoms with Crippen LogP contribution >= 0.6 is 0 Å². The van der Waals surface area contributed by atoms with E-state index in [0.717, 1.165) is 12.8 Å². The van der Waals surface area contributed by atoms with Gasteiger partial charge < -0.3 is 10.6 Å². The summed E-state index contributed by atoms with van der Waals surface area (Å²) < 4.78 is 0. The average Bonchev–Trinajstić information content (AvgIpc) is 2.84. The van der Waals surface area contributed by atoms with Crippen LogP contribution in [0.2, 0.25) is 0 Å². The molecule has 0 aromatic heterocycles. The molecule has 0 aromatic carbocycles. The van der Waals surface area contributed by atoms with Crippen molar-refractivity contribution >= 4 is 11.8 Å². The number of carbonyl (C=O) groups excluding carboxylic acids is 2. The van der Waals surface area contributed by atoms with Gasteiger partial charge in [-0.15, -0.1) is 0 Å². The first-order valence-electron chi connectivity index (χ1n) is 3.69. The van der Waals surface area contributed by atoms with Gasteiger partial charge in [0.2, 0.25) is 0 Å². The third kappa shape index (κ3) is 3.01. The third-order valence-corrected chi connectivity index (χ3v) is 1.45. The van der Waals surface area contributed by atoms with E-state index in [-0.39, 0.29) is 18.6 Å². The van der Waals surface area contributed by atoms with Crippen molar-refractivity contribution in [3.8, 4) is 6.07 Å². The molecule has 1 aliphatic rings. The number of urea groups is 1. The maximum atomic E-state index is 10.8. The van der Waals surface area contributed by atoms with Gasteiger partial charge in [-0.05, 0) is 12.8 Å². The lowest BCUT2D eigenvalue weighted by Crippen LogP contribution is -2.39. The molecule has 0 heterocycles. The molecule has 0 bridgehead atoms. The van der Waals surface area contributed by atoms with Crippen molar-refractivity contribution in [3.05, 3.63) is 0 Å². The van der Waals surface area contributed by atoms with Crippen molar-refractivity contribution in [1.29, 1.82) is 5.26 Å². The van der Waals surface area contributed by atoms with Crippen LogP contribution in [0.4, 0.5) is 4.79 Å². The third-order valence-electron chi connectivity index (χ3n) is 1.45. The Labute approximate surface area is 69.7 Å². The molecule has 5 heteroatoms. The lowest BCUT2D eigenvalue weighted by atomic mass is 10.4. The predicted octanol–water partition coefficient (Wildman–Crippen LogP) is -0.459. The topological polar surface area (TPSA) is 82.0 Å². The van der Waals surface area contributed by atoms with Gasteiger partial charge in [-0.3, -0.25) is 4.79 Å². The van der Waals surface area contributed by atoms with Crippen LogP contribution in [-0.2, 0) is 4.79 Å². The van der Waals surface area contributed by atoms with Gasteiger partial charge in [0.25, 0.3) is 5.78 Å². The minimum absolute atomic E-state index is 0.213. The number of ketones is 1. The molecule has 0 saturated heterocycles. The number of nitrogens with zero attached hydrogens (tertiary/aromatic N) is 1. The van der Waals surface area contributed by atoms with Crippen LogP contribution in [0.5, 0.6) is 0 Å². The monoisotopic (exact) mass is 167 g/mol. The van der Waals surface area contributed by atoms with Crippen molar-refractivity contribution in [2.75, 3.05) is 6.54 Å². The van der Waals surface area contributed by atoms with Gasteiger partial charge >= 0.3 is 6.03 Å². The van der Waals surface area contributed by atoms with E-state index in [4.69, 9.17) is 5.26 Å². The standard InChI is InChI=1S/C7H9N3O2/c8-3-6(11)4-9-7(12)10-5-1-2-5/h5H,1-2,4H2,(H2,9,10,12). The highest BCUT2D eigenvalue weighted by atomic mass is 16.2. The molecule has 2 amide bonds. The number of carbonyl (C=O) groups is 2. The molecule has 1 rings (SSSR count). The van der Waals surface area contributed by atoms with E-state index in [1.54, 1.807) is 0 Å². The maximum Gasteiger partial charge on any atom is 0.315 e. The van der Waals surface area contributed by atoms with Crippen LogP contribution in [-0.4, -0.2) is 24.4 Å². The number of hydrogen-bond acceptors (Lipinski definition) is 3. The molecule has 0 unspecified atom stereocenters. The van der Waals surface area contributed by atoms with Gasteiger partial charge in [0.15, 0.2) is 0 Å². The molecule has 2 N–H and O–H groups in total. The lowest BCUT2D eigenvalue weighted by molar-refractivity contribution is -0.113. The fourth-order valence-electron chi connectivity index (χ4n) is 0.664. The molecule has 0 aromatic rings. The van der Waals surface area contributed by atoms with Gasteiger partial charge in [-0.1, -0.05) is 0 Å². The summed E-state index contributed by atoms with van der Waals surface area (Å²) in [4.78, 5) is 21.2. The first-order chi connectivity index (χ1) is 5.72. The van der Waals surface area contributed by atoms with Gasteiger partial charge in [-0.25, -0.2) is 4.79 Å². The Balaban J connectivity index is 2.09. The van der Waals surface area contributed by atoms with Crippen molar-refractivity contribution in [3.63, 3.8) is 0 Å². The number of Topliss-reactive ketones (excluding diaryl/α,β-unsaturated/α-hetero) is 1. The molecule has 0 atom stereocenters. The minimum Gasteiger partial charge on any atom is -0.335 e. The van der Waals surface area contributed by atoms with Gasteiger partial charge in [0.1, 0.15) is 6.07 Å². The quantitative estimate of drug-likeness (QED) is 0.558. The summed E-state index contributed by atoms with van der Waals surface area (Å²) in [5.74, 6) is -0.638. The predicted molar refractivity (Wildman–Crippen MR) is 40.2 cm³/mol. The molecule has 0 aliphatic heterocycles.